The van der Waals surface area contributed by atoms with Gasteiger partial charge in [0.2, 0.25) is 0 Å². The second-order valence-corrected chi connectivity index (χ2v) is 9.60. The average molecular weight is 401 g/mol. The monoisotopic (exact) mass is 400 g/mol. The molecule has 2 aliphatic heterocycles. The van der Waals surface area contributed by atoms with Crippen LogP contribution in [0.25, 0.3) is 0 Å². The number of anilines is 1. The smallest absolute Gasteiger partial charge is 0.315 e. The number of urea groups is 1. The van der Waals surface area contributed by atoms with Crippen molar-refractivity contribution in [2.24, 2.45) is 5.92 Å². The fourth-order valence-electron chi connectivity index (χ4n) is 4.14. The van der Waals surface area contributed by atoms with Gasteiger partial charge < -0.3 is 20.4 Å². The number of likely N-dealkylation sites (tertiary alicyclic amines) is 1. The fraction of sp³-hybridized carbons (Fsp3) is 0.652. The number of hydrogen-bond donors (Lipinski definition) is 2. The molecule has 29 heavy (non-hydrogen) atoms. The first-order valence-corrected chi connectivity index (χ1v) is 10.9. The number of nitrogens with one attached hydrogen (secondary N) is 2. The second kappa shape index (κ2) is 9.06. The molecule has 6 nitrogen and oxygen atoms in total. The van der Waals surface area contributed by atoms with Crippen LogP contribution in [0.15, 0.2) is 24.3 Å². The van der Waals surface area contributed by atoms with E-state index in [4.69, 9.17) is 0 Å². The summed E-state index contributed by atoms with van der Waals surface area (Å²) in [5.74, 6) is 0.855. The summed E-state index contributed by atoms with van der Waals surface area (Å²) in [5.41, 5.74) is 1.59. The summed E-state index contributed by atoms with van der Waals surface area (Å²) in [7, 11) is 0. The molecule has 160 valence electrons. The number of carbonyl (C=O) groups excluding carboxylic acids is 2. The highest BCUT2D eigenvalue weighted by atomic mass is 16.2. The molecule has 6 heteroatoms. The zero-order valence-electron chi connectivity index (χ0n) is 18.3. The Hall–Kier alpha value is -2.24. The van der Waals surface area contributed by atoms with E-state index in [0.29, 0.717) is 5.92 Å². The lowest BCUT2D eigenvalue weighted by Gasteiger charge is -2.36. The van der Waals surface area contributed by atoms with Gasteiger partial charge in [-0.15, -0.1) is 0 Å². The topological polar surface area (TPSA) is 64.7 Å². The Bertz CT molecular complexity index is 712. The first-order valence-electron chi connectivity index (χ1n) is 10.9. The van der Waals surface area contributed by atoms with E-state index in [1.54, 1.807) is 0 Å². The molecule has 0 unspecified atom stereocenters. The maximum absolute atomic E-state index is 13.1. The van der Waals surface area contributed by atoms with Gasteiger partial charge in [0, 0.05) is 43.4 Å². The van der Waals surface area contributed by atoms with Crippen molar-refractivity contribution >= 4 is 17.6 Å². The maximum Gasteiger partial charge on any atom is 0.315 e. The normalized spacial score (nSPS) is 19.2. The lowest BCUT2D eigenvalue weighted by atomic mass is 9.98. The fourth-order valence-corrected chi connectivity index (χ4v) is 4.14. The third kappa shape index (κ3) is 5.87. The van der Waals surface area contributed by atoms with Crippen LogP contribution < -0.4 is 15.5 Å². The Kier molecular flexibility index (Phi) is 6.70. The summed E-state index contributed by atoms with van der Waals surface area (Å²) in [5, 5.41) is 6.05. The van der Waals surface area contributed by atoms with Gasteiger partial charge in [-0.1, -0.05) is 19.1 Å². The molecule has 2 N–H and O–H groups in total. The Morgan fingerprint density at radius 2 is 1.59 bits per heavy atom. The Balaban J connectivity index is 1.60. The Labute approximate surface area is 175 Å². The van der Waals surface area contributed by atoms with Crippen LogP contribution in [0.3, 0.4) is 0 Å². The SMILES string of the molecule is CC1CCN(C(=O)c2ccccc2N2CCC(NC(=O)NC(C)(C)C)CC2)CC1. The Morgan fingerprint density at radius 1 is 0.966 bits per heavy atom. The molecule has 0 aromatic heterocycles. The van der Waals surface area contributed by atoms with Crippen LogP contribution in [0.5, 0.6) is 0 Å². The molecule has 2 aliphatic rings. The van der Waals surface area contributed by atoms with Gasteiger partial charge >= 0.3 is 6.03 Å². The maximum atomic E-state index is 13.1. The number of para-hydroxylation sites is 1. The van der Waals surface area contributed by atoms with E-state index in [1.165, 1.54) is 0 Å². The van der Waals surface area contributed by atoms with Crippen molar-refractivity contribution in [2.45, 2.75) is 65.0 Å². The van der Waals surface area contributed by atoms with Crippen LogP contribution in [-0.2, 0) is 0 Å². The number of benzene rings is 1. The first-order chi connectivity index (χ1) is 13.7. The number of rotatable bonds is 3. The van der Waals surface area contributed by atoms with Crippen LogP contribution in [-0.4, -0.2) is 54.6 Å². The largest absolute Gasteiger partial charge is 0.371 e. The predicted molar refractivity (Wildman–Crippen MR) is 117 cm³/mol. The zero-order valence-corrected chi connectivity index (χ0v) is 18.3. The number of piperidine rings is 2. The van der Waals surface area contributed by atoms with Crippen molar-refractivity contribution in [1.29, 1.82) is 0 Å². The molecule has 0 spiro atoms. The summed E-state index contributed by atoms with van der Waals surface area (Å²) in [6.45, 7) is 11.6. The molecule has 0 radical (unpaired) electrons. The number of nitrogens with zero attached hydrogens (tertiary/aromatic N) is 2. The summed E-state index contributed by atoms with van der Waals surface area (Å²) in [6, 6.07) is 8.03. The highest BCUT2D eigenvalue weighted by molar-refractivity contribution is 6.00. The summed E-state index contributed by atoms with van der Waals surface area (Å²) >= 11 is 0. The van der Waals surface area contributed by atoms with Crippen molar-refractivity contribution in [3.63, 3.8) is 0 Å². The predicted octanol–water partition coefficient (Wildman–Crippen LogP) is 3.63. The van der Waals surface area contributed by atoms with Gasteiger partial charge in [0.05, 0.1) is 5.56 Å². The van der Waals surface area contributed by atoms with Crippen molar-refractivity contribution in [2.75, 3.05) is 31.1 Å². The molecule has 1 aromatic carbocycles. The lowest BCUT2D eigenvalue weighted by molar-refractivity contribution is 0.0697. The molecule has 2 saturated heterocycles. The van der Waals surface area contributed by atoms with Crippen LogP contribution in [0, 0.1) is 5.92 Å². The lowest BCUT2D eigenvalue weighted by Crippen LogP contribution is -2.52. The van der Waals surface area contributed by atoms with Crippen LogP contribution in [0.1, 0.15) is 63.7 Å². The molecule has 2 heterocycles. The molecular formula is C23H36N4O2. The molecule has 0 saturated carbocycles. The number of carbonyl (C=O) groups is 2. The summed E-state index contributed by atoms with van der Waals surface area (Å²) in [4.78, 5) is 29.6. The summed E-state index contributed by atoms with van der Waals surface area (Å²) in [6.07, 6.45) is 3.92. The van der Waals surface area contributed by atoms with Crippen molar-refractivity contribution in [3.05, 3.63) is 29.8 Å². The van der Waals surface area contributed by atoms with E-state index < -0.39 is 0 Å². The van der Waals surface area contributed by atoms with Gasteiger partial charge in [0.1, 0.15) is 0 Å². The summed E-state index contributed by atoms with van der Waals surface area (Å²) < 4.78 is 0. The Morgan fingerprint density at radius 3 is 2.21 bits per heavy atom. The second-order valence-electron chi connectivity index (χ2n) is 9.60. The third-order valence-electron chi connectivity index (χ3n) is 5.86. The van der Waals surface area contributed by atoms with Gasteiger partial charge in [-0.3, -0.25) is 4.79 Å². The van der Waals surface area contributed by atoms with Crippen LogP contribution >= 0.6 is 0 Å². The minimum absolute atomic E-state index is 0.106. The minimum atomic E-state index is -0.240. The average Bonchev–Trinajstić information content (AvgIpc) is 2.67. The van der Waals surface area contributed by atoms with Crippen molar-refractivity contribution in [1.82, 2.24) is 15.5 Å². The van der Waals surface area contributed by atoms with E-state index in [-0.39, 0.29) is 23.5 Å². The van der Waals surface area contributed by atoms with E-state index in [1.807, 2.05) is 43.9 Å². The molecule has 0 aliphatic carbocycles. The molecule has 3 rings (SSSR count). The van der Waals surface area contributed by atoms with Gasteiger partial charge in [0.15, 0.2) is 0 Å². The molecule has 0 atom stereocenters. The highest BCUT2D eigenvalue weighted by Crippen LogP contribution is 2.27. The van der Waals surface area contributed by atoms with E-state index in [9.17, 15) is 9.59 Å². The number of hydrogen-bond acceptors (Lipinski definition) is 3. The molecule has 3 amide bonds. The van der Waals surface area contributed by atoms with Gasteiger partial charge in [-0.2, -0.15) is 0 Å². The van der Waals surface area contributed by atoms with Crippen molar-refractivity contribution < 1.29 is 9.59 Å². The zero-order chi connectivity index (χ0) is 21.0. The van der Waals surface area contributed by atoms with Gasteiger partial charge in [0.25, 0.3) is 5.91 Å². The quantitative estimate of drug-likeness (QED) is 0.814. The third-order valence-corrected chi connectivity index (χ3v) is 5.86. The molecule has 0 bridgehead atoms. The molecule has 2 fully saturated rings. The van der Waals surface area contributed by atoms with Crippen molar-refractivity contribution in [3.8, 4) is 0 Å². The molecule has 1 aromatic rings. The number of amides is 3. The van der Waals surface area contributed by atoms with E-state index >= 15 is 0 Å². The van der Waals surface area contributed by atoms with Crippen LogP contribution in [0.4, 0.5) is 10.5 Å². The highest BCUT2D eigenvalue weighted by Gasteiger charge is 2.27. The molecular weight excluding hydrogens is 364 g/mol. The van der Waals surface area contributed by atoms with Gasteiger partial charge in [-0.25, -0.2) is 4.79 Å². The first kappa shape index (κ1) is 21.5. The van der Waals surface area contributed by atoms with Gasteiger partial charge in [-0.05, 0) is 64.5 Å². The standard InChI is InChI=1S/C23H36N4O2/c1-17-9-13-27(14-10-17)21(28)19-7-5-6-8-20(19)26-15-11-18(12-16-26)24-22(29)25-23(2,3)4/h5-8,17-18H,9-16H2,1-4H3,(H2,24,25,29). The van der Waals surface area contributed by atoms with Crippen LogP contribution in [0.2, 0.25) is 0 Å². The minimum Gasteiger partial charge on any atom is -0.371 e. The van der Waals surface area contributed by atoms with E-state index in [0.717, 1.165) is 63.1 Å². The van der Waals surface area contributed by atoms with E-state index in [2.05, 4.69) is 28.5 Å².